The van der Waals surface area contributed by atoms with Crippen LogP contribution in [0, 0.1) is 6.92 Å². The zero-order chi connectivity index (χ0) is 16.7. The number of nitrogens with two attached hydrogens (primary N) is 1. The molecule has 1 saturated heterocycles. The van der Waals surface area contributed by atoms with E-state index in [4.69, 9.17) is 19.6 Å². The number of methoxy groups -OCH3 is 1. The standard InChI is InChI=1S/C16H28N4O3/c1-12(11-21-3)19-16(17)18-10-14(15-5-4-13(2)23-15)20-6-8-22-9-7-20/h4-5,12,14H,6-11H2,1-3H3,(H3,17,18,19). The van der Waals surface area contributed by atoms with Gasteiger partial charge >= 0.3 is 0 Å². The van der Waals surface area contributed by atoms with Gasteiger partial charge in [0.05, 0.1) is 32.4 Å². The third-order valence-corrected chi connectivity index (χ3v) is 3.82. The molecule has 3 N–H and O–H groups in total. The van der Waals surface area contributed by atoms with E-state index in [0.29, 0.717) is 19.1 Å². The molecular formula is C16H28N4O3. The Balaban J connectivity index is 2.02. The fourth-order valence-electron chi connectivity index (χ4n) is 2.68. The first kappa shape index (κ1) is 17.8. The summed E-state index contributed by atoms with van der Waals surface area (Å²) < 4.78 is 16.3. The van der Waals surface area contributed by atoms with Gasteiger partial charge in [-0.05, 0) is 26.0 Å². The van der Waals surface area contributed by atoms with Crippen molar-refractivity contribution in [2.45, 2.75) is 25.9 Å². The van der Waals surface area contributed by atoms with Gasteiger partial charge in [0.15, 0.2) is 5.96 Å². The summed E-state index contributed by atoms with van der Waals surface area (Å²) in [5.41, 5.74) is 5.98. The molecule has 1 aromatic rings. The number of hydrogen-bond donors (Lipinski definition) is 2. The third-order valence-electron chi connectivity index (χ3n) is 3.82. The molecule has 0 aromatic carbocycles. The average Bonchev–Trinajstić information content (AvgIpc) is 2.95. The highest BCUT2D eigenvalue weighted by atomic mass is 16.5. The lowest BCUT2D eigenvalue weighted by molar-refractivity contribution is 0.0135. The average molecular weight is 324 g/mol. The number of guanidine groups is 1. The summed E-state index contributed by atoms with van der Waals surface area (Å²) >= 11 is 0. The number of rotatable bonds is 7. The van der Waals surface area contributed by atoms with Gasteiger partial charge in [-0.3, -0.25) is 9.89 Å². The van der Waals surface area contributed by atoms with Crippen LogP contribution in [-0.4, -0.2) is 63.5 Å². The van der Waals surface area contributed by atoms with E-state index in [9.17, 15) is 0 Å². The van der Waals surface area contributed by atoms with E-state index in [0.717, 1.165) is 37.8 Å². The summed E-state index contributed by atoms with van der Waals surface area (Å²) in [7, 11) is 1.67. The van der Waals surface area contributed by atoms with Crippen molar-refractivity contribution >= 4 is 5.96 Å². The van der Waals surface area contributed by atoms with E-state index in [-0.39, 0.29) is 12.1 Å². The molecule has 0 aliphatic carbocycles. The van der Waals surface area contributed by atoms with Gasteiger partial charge in [-0.15, -0.1) is 0 Å². The molecule has 2 heterocycles. The van der Waals surface area contributed by atoms with Crippen LogP contribution in [0.4, 0.5) is 0 Å². The number of furan rings is 1. The monoisotopic (exact) mass is 324 g/mol. The van der Waals surface area contributed by atoms with Crippen molar-refractivity contribution in [2.24, 2.45) is 10.7 Å². The minimum atomic E-state index is 0.0747. The predicted molar refractivity (Wildman–Crippen MR) is 89.5 cm³/mol. The molecule has 2 atom stereocenters. The molecule has 0 saturated carbocycles. The number of morpholine rings is 1. The molecule has 130 valence electrons. The molecule has 2 rings (SSSR count). The first-order valence-electron chi connectivity index (χ1n) is 8.03. The zero-order valence-corrected chi connectivity index (χ0v) is 14.2. The predicted octanol–water partition coefficient (Wildman–Crippen LogP) is 0.901. The molecule has 0 bridgehead atoms. The van der Waals surface area contributed by atoms with E-state index in [1.54, 1.807) is 7.11 Å². The summed E-state index contributed by atoms with van der Waals surface area (Å²) in [5.74, 6) is 2.25. The Hall–Kier alpha value is -1.57. The van der Waals surface area contributed by atoms with E-state index < -0.39 is 0 Å². The lowest BCUT2D eigenvalue weighted by Crippen LogP contribution is -2.42. The SMILES string of the molecule is COCC(C)NC(N)=NCC(c1ccc(C)o1)N1CCOCC1. The lowest BCUT2D eigenvalue weighted by atomic mass is 10.1. The zero-order valence-electron chi connectivity index (χ0n) is 14.2. The summed E-state index contributed by atoms with van der Waals surface area (Å²) in [5, 5.41) is 3.12. The number of aliphatic imine (C=N–C) groups is 1. The van der Waals surface area contributed by atoms with Gasteiger partial charge in [0, 0.05) is 26.2 Å². The van der Waals surface area contributed by atoms with E-state index in [1.807, 2.05) is 26.0 Å². The van der Waals surface area contributed by atoms with Gasteiger partial charge in [0.25, 0.3) is 0 Å². The molecule has 7 heteroatoms. The second-order valence-electron chi connectivity index (χ2n) is 5.84. The van der Waals surface area contributed by atoms with Gasteiger partial charge in [0.2, 0.25) is 0 Å². The van der Waals surface area contributed by atoms with Crippen LogP contribution in [0.5, 0.6) is 0 Å². The number of nitrogens with zero attached hydrogens (tertiary/aromatic N) is 2. The number of nitrogens with one attached hydrogen (secondary N) is 1. The fraction of sp³-hybridized carbons (Fsp3) is 0.688. The summed E-state index contributed by atoms with van der Waals surface area (Å²) in [6.45, 7) is 8.29. The summed E-state index contributed by atoms with van der Waals surface area (Å²) in [4.78, 5) is 6.82. The van der Waals surface area contributed by atoms with Crippen LogP contribution >= 0.6 is 0 Å². The van der Waals surface area contributed by atoms with Crippen molar-refractivity contribution in [2.75, 3.05) is 46.6 Å². The Labute approximate surface area is 137 Å². The van der Waals surface area contributed by atoms with Gasteiger partial charge < -0.3 is 24.9 Å². The van der Waals surface area contributed by atoms with Crippen LogP contribution in [0.15, 0.2) is 21.5 Å². The minimum Gasteiger partial charge on any atom is -0.465 e. The third kappa shape index (κ3) is 5.53. The molecule has 23 heavy (non-hydrogen) atoms. The quantitative estimate of drug-likeness (QED) is 0.572. The maximum absolute atomic E-state index is 5.98. The first-order chi connectivity index (χ1) is 11.1. The van der Waals surface area contributed by atoms with E-state index >= 15 is 0 Å². The van der Waals surface area contributed by atoms with Gasteiger partial charge in [0.1, 0.15) is 11.5 Å². The highest BCUT2D eigenvalue weighted by Gasteiger charge is 2.25. The molecule has 1 aliphatic heterocycles. The van der Waals surface area contributed by atoms with Crippen LogP contribution in [0.1, 0.15) is 24.5 Å². The summed E-state index contributed by atoms with van der Waals surface area (Å²) in [6, 6.07) is 4.19. The molecule has 0 spiro atoms. The molecule has 7 nitrogen and oxygen atoms in total. The van der Waals surface area contributed by atoms with Crippen molar-refractivity contribution in [3.05, 3.63) is 23.7 Å². The normalized spacial score (nSPS) is 19.5. The maximum Gasteiger partial charge on any atom is 0.188 e. The second kappa shape index (κ2) is 8.90. The highest BCUT2D eigenvalue weighted by Crippen LogP contribution is 2.24. The van der Waals surface area contributed by atoms with Crippen molar-refractivity contribution in [1.82, 2.24) is 10.2 Å². The Morgan fingerprint density at radius 2 is 2.17 bits per heavy atom. The van der Waals surface area contributed by atoms with Crippen LogP contribution in [0.2, 0.25) is 0 Å². The smallest absolute Gasteiger partial charge is 0.188 e. The fourth-order valence-corrected chi connectivity index (χ4v) is 2.68. The van der Waals surface area contributed by atoms with Crippen molar-refractivity contribution in [3.63, 3.8) is 0 Å². The summed E-state index contributed by atoms with van der Waals surface area (Å²) in [6.07, 6.45) is 0. The Kier molecular flexibility index (Phi) is 6.88. The minimum absolute atomic E-state index is 0.0747. The number of ether oxygens (including phenoxy) is 2. The lowest BCUT2D eigenvalue weighted by Gasteiger charge is -2.32. The van der Waals surface area contributed by atoms with Crippen molar-refractivity contribution in [3.8, 4) is 0 Å². The topological polar surface area (TPSA) is 85.2 Å². The largest absolute Gasteiger partial charge is 0.465 e. The molecule has 1 fully saturated rings. The second-order valence-corrected chi connectivity index (χ2v) is 5.84. The Morgan fingerprint density at radius 1 is 1.43 bits per heavy atom. The molecule has 2 unspecified atom stereocenters. The van der Waals surface area contributed by atoms with E-state index in [2.05, 4.69) is 15.2 Å². The number of aryl methyl sites for hydroxylation is 1. The van der Waals surface area contributed by atoms with Crippen LogP contribution < -0.4 is 11.1 Å². The molecule has 0 amide bonds. The van der Waals surface area contributed by atoms with E-state index in [1.165, 1.54) is 0 Å². The van der Waals surface area contributed by atoms with Gasteiger partial charge in [-0.1, -0.05) is 0 Å². The Bertz CT molecular complexity index is 497. The van der Waals surface area contributed by atoms with Crippen LogP contribution in [0.25, 0.3) is 0 Å². The maximum atomic E-state index is 5.98. The van der Waals surface area contributed by atoms with Crippen molar-refractivity contribution in [1.29, 1.82) is 0 Å². The highest BCUT2D eigenvalue weighted by molar-refractivity contribution is 5.78. The molecule has 1 aromatic heterocycles. The van der Waals surface area contributed by atoms with Crippen LogP contribution in [0.3, 0.4) is 0 Å². The number of hydrogen-bond acceptors (Lipinski definition) is 5. The van der Waals surface area contributed by atoms with Gasteiger partial charge in [-0.2, -0.15) is 0 Å². The molecular weight excluding hydrogens is 296 g/mol. The Morgan fingerprint density at radius 3 is 2.78 bits per heavy atom. The van der Waals surface area contributed by atoms with Crippen LogP contribution in [-0.2, 0) is 9.47 Å². The molecule has 1 aliphatic rings. The van der Waals surface area contributed by atoms with Crippen molar-refractivity contribution < 1.29 is 13.9 Å². The molecule has 0 radical (unpaired) electrons. The van der Waals surface area contributed by atoms with Gasteiger partial charge in [-0.25, -0.2) is 0 Å². The first-order valence-corrected chi connectivity index (χ1v) is 8.03.